The molecule has 0 fully saturated rings. The Morgan fingerprint density at radius 3 is 2.56 bits per heavy atom. The molecule has 0 saturated heterocycles. The normalized spacial score (nSPS) is 11.6. The summed E-state index contributed by atoms with van der Waals surface area (Å²) in [6.07, 6.45) is -2.15. The fourth-order valence-electron chi connectivity index (χ4n) is 5.65. The molecular weight excluding hydrogens is 667 g/mol. The molecule has 0 atom stereocenters. The lowest BCUT2D eigenvalue weighted by Crippen LogP contribution is -2.27. The highest BCUT2D eigenvalue weighted by molar-refractivity contribution is 7.18. The number of pyridine rings is 2. The first-order valence-electron chi connectivity index (χ1n) is 14.3. The number of carbonyl (C=O) groups is 1. The van der Waals surface area contributed by atoms with E-state index in [1.165, 1.54) is 46.7 Å². The number of fused-ring (bicyclic) bond motifs is 2. The van der Waals surface area contributed by atoms with Crippen LogP contribution in [0.2, 0.25) is 5.02 Å². The molecule has 1 N–H and O–H groups in total. The number of halogens is 4. The third-order valence-electron chi connectivity index (χ3n) is 7.70. The minimum atomic E-state index is -4.84. The number of thiophene rings is 1. The van der Waals surface area contributed by atoms with Gasteiger partial charge in [0.25, 0.3) is 5.56 Å². The van der Waals surface area contributed by atoms with Crippen LogP contribution in [0.1, 0.15) is 38.6 Å². The summed E-state index contributed by atoms with van der Waals surface area (Å²) >= 11 is 7.58. The van der Waals surface area contributed by atoms with Gasteiger partial charge in [0.2, 0.25) is 0 Å². The zero-order valence-corrected chi connectivity index (χ0v) is 27.0. The van der Waals surface area contributed by atoms with E-state index in [4.69, 9.17) is 16.3 Å². The quantitative estimate of drug-likeness (QED) is 0.179. The molecule has 0 unspecified atom stereocenters. The Labute approximate surface area is 279 Å². The fraction of sp³-hybridized carbons (Fsp3) is 0.176. The number of aromatic carboxylic acids is 1. The van der Waals surface area contributed by atoms with E-state index in [1.54, 1.807) is 38.1 Å². The van der Waals surface area contributed by atoms with Crippen molar-refractivity contribution in [1.82, 2.24) is 19.5 Å². The van der Waals surface area contributed by atoms with Crippen LogP contribution in [-0.2, 0) is 12.7 Å². The van der Waals surface area contributed by atoms with Crippen molar-refractivity contribution in [3.63, 3.8) is 0 Å². The van der Waals surface area contributed by atoms with E-state index in [-0.39, 0.29) is 41.0 Å². The van der Waals surface area contributed by atoms with Gasteiger partial charge in [0.05, 0.1) is 44.4 Å². The Kier molecular flexibility index (Phi) is 8.40. The van der Waals surface area contributed by atoms with Gasteiger partial charge in [-0.3, -0.25) is 19.3 Å². The first-order valence-corrected chi connectivity index (χ1v) is 15.6. The van der Waals surface area contributed by atoms with Gasteiger partial charge in [-0.1, -0.05) is 11.6 Å². The summed E-state index contributed by atoms with van der Waals surface area (Å²) in [7, 11) is 0. The van der Waals surface area contributed by atoms with Crippen molar-refractivity contribution in [2.45, 2.75) is 33.5 Å². The second-order valence-electron chi connectivity index (χ2n) is 11.0. The predicted molar refractivity (Wildman–Crippen MR) is 176 cm³/mol. The van der Waals surface area contributed by atoms with Crippen LogP contribution in [0.4, 0.5) is 13.2 Å². The third-order valence-corrected chi connectivity index (χ3v) is 8.94. The Hall–Kier alpha value is -5.32. The van der Waals surface area contributed by atoms with Gasteiger partial charge in [-0.05, 0) is 62.7 Å². The lowest BCUT2D eigenvalue weighted by molar-refractivity contribution is -0.137. The van der Waals surface area contributed by atoms with Gasteiger partial charge in [0.1, 0.15) is 24.3 Å². The van der Waals surface area contributed by atoms with Gasteiger partial charge < -0.3 is 9.84 Å². The second kappa shape index (κ2) is 12.4. The van der Waals surface area contributed by atoms with Gasteiger partial charge in [-0.15, -0.1) is 11.3 Å². The maximum absolute atomic E-state index is 14.3. The van der Waals surface area contributed by atoms with Crippen LogP contribution in [0.3, 0.4) is 0 Å². The molecule has 0 bridgehead atoms. The summed E-state index contributed by atoms with van der Waals surface area (Å²) < 4.78 is 51.0. The molecule has 4 heterocycles. The fourth-order valence-corrected chi connectivity index (χ4v) is 6.84. The van der Waals surface area contributed by atoms with Gasteiger partial charge >= 0.3 is 12.1 Å². The van der Waals surface area contributed by atoms with Gasteiger partial charge in [-0.2, -0.15) is 18.4 Å². The molecular formula is C34H23ClF3N5O4S. The monoisotopic (exact) mass is 689 g/mol. The van der Waals surface area contributed by atoms with E-state index in [0.717, 1.165) is 6.07 Å². The van der Waals surface area contributed by atoms with Crippen molar-refractivity contribution >= 4 is 50.0 Å². The number of aryl methyl sites for hydroxylation is 3. The Balaban J connectivity index is 1.42. The van der Waals surface area contributed by atoms with Crippen LogP contribution in [0, 0.1) is 32.1 Å². The number of ether oxygens (including phenoxy) is 1. The summed E-state index contributed by atoms with van der Waals surface area (Å²) in [5, 5.41) is 21.5. The summed E-state index contributed by atoms with van der Waals surface area (Å²) in [5.74, 6) is -0.590. The summed E-state index contributed by atoms with van der Waals surface area (Å²) in [5.41, 5.74) is -0.0982. The molecule has 9 nitrogen and oxygen atoms in total. The van der Waals surface area contributed by atoms with Gasteiger partial charge in [0.15, 0.2) is 0 Å². The van der Waals surface area contributed by atoms with Crippen LogP contribution in [-0.4, -0.2) is 37.2 Å². The molecule has 2 aromatic carbocycles. The second-order valence-corrected chi connectivity index (χ2v) is 12.3. The van der Waals surface area contributed by atoms with Crippen molar-refractivity contribution in [1.29, 1.82) is 5.26 Å². The van der Waals surface area contributed by atoms with Crippen LogP contribution in [0.15, 0.2) is 59.0 Å². The third kappa shape index (κ3) is 5.85. The molecule has 4 aromatic heterocycles. The standard InChI is InChI=1S/C34H23ClF3N5O4S/c1-16-8-19(14-40-13-16)28-23(12-39)29-26(11-25(28)34(36,37)38)42-18(3)43(32(29)44)6-7-47-27-5-4-20(35)10-21(27)22-9-17(2)41-30-24(33(45)46)15-48-31(22)30/h4-5,8-11,13-15H,6-7H2,1-3H3,(H,45,46). The predicted octanol–water partition coefficient (Wildman–Crippen LogP) is 7.98. The minimum absolute atomic E-state index is 0.0487. The molecule has 0 aliphatic heterocycles. The molecule has 6 rings (SSSR count). The number of carboxylic acid groups (broad SMARTS) is 1. The molecule has 48 heavy (non-hydrogen) atoms. The highest BCUT2D eigenvalue weighted by Crippen LogP contribution is 2.42. The number of nitriles is 1. The molecule has 0 radical (unpaired) electrons. The van der Waals surface area contributed by atoms with Crippen LogP contribution >= 0.6 is 22.9 Å². The topological polar surface area (TPSA) is 131 Å². The van der Waals surface area contributed by atoms with Gasteiger partial charge in [-0.25, -0.2) is 9.78 Å². The molecule has 6 aromatic rings. The number of rotatable bonds is 7. The Morgan fingerprint density at radius 1 is 1.10 bits per heavy atom. The number of hydrogen-bond acceptors (Lipinski definition) is 8. The highest BCUT2D eigenvalue weighted by Gasteiger charge is 2.37. The van der Waals surface area contributed by atoms with Crippen molar-refractivity contribution < 1.29 is 27.8 Å². The lowest BCUT2D eigenvalue weighted by atomic mass is 9.92. The minimum Gasteiger partial charge on any atom is -0.491 e. The molecule has 0 amide bonds. The lowest BCUT2D eigenvalue weighted by Gasteiger charge is -2.18. The molecule has 0 spiro atoms. The number of nitrogens with zero attached hydrogens (tertiary/aromatic N) is 5. The summed E-state index contributed by atoms with van der Waals surface area (Å²) in [4.78, 5) is 38.4. The van der Waals surface area contributed by atoms with E-state index in [2.05, 4.69) is 15.0 Å². The van der Waals surface area contributed by atoms with Crippen molar-refractivity contribution in [3.05, 3.63) is 103 Å². The van der Waals surface area contributed by atoms with Gasteiger partial charge in [0, 0.05) is 50.7 Å². The highest BCUT2D eigenvalue weighted by atomic mass is 35.5. The average molecular weight is 690 g/mol. The van der Waals surface area contributed by atoms with Crippen molar-refractivity contribution in [2.24, 2.45) is 0 Å². The molecule has 14 heteroatoms. The first kappa shape index (κ1) is 32.6. The Morgan fingerprint density at radius 2 is 1.88 bits per heavy atom. The number of carboxylic acids is 1. The Bertz CT molecular complexity index is 2400. The zero-order valence-electron chi connectivity index (χ0n) is 25.4. The smallest absolute Gasteiger partial charge is 0.417 e. The average Bonchev–Trinajstić information content (AvgIpc) is 3.45. The maximum atomic E-state index is 14.3. The first-order chi connectivity index (χ1) is 22.8. The summed E-state index contributed by atoms with van der Waals surface area (Å²) in [6, 6.07) is 10.8. The van der Waals surface area contributed by atoms with E-state index in [0.29, 0.717) is 43.4 Å². The van der Waals surface area contributed by atoms with E-state index in [1.807, 2.05) is 6.07 Å². The van der Waals surface area contributed by atoms with Crippen LogP contribution in [0.25, 0.3) is 43.4 Å². The van der Waals surface area contributed by atoms with Crippen molar-refractivity contribution in [2.75, 3.05) is 6.61 Å². The SMILES string of the molecule is Cc1cncc(-c2c(C(F)(F)F)cc3nc(C)n(CCOc4ccc(Cl)cc4-c4cc(C)nc5c(C(=O)O)csc45)c(=O)c3c2C#N)c1. The van der Waals surface area contributed by atoms with Crippen LogP contribution < -0.4 is 10.3 Å². The number of hydrogen-bond donors (Lipinski definition) is 1. The summed E-state index contributed by atoms with van der Waals surface area (Å²) in [6.45, 7) is 4.76. The van der Waals surface area contributed by atoms with E-state index in [9.17, 15) is 33.1 Å². The zero-order chi connectivity index (χ0) is 34.5. The van der Waals surface area contributed by atoms with E-state index >= 15 is 0 Å². The van der Waals surface area contributed by atoms with E-state index < -0.39 is 34.4 Å². The number of aromatic nitrogens is 4. The number of benzene rings is 2. The molecule has 0 aliphatic rings. The van der Waals surface area contributed by atoms with Crippen molar-refractivity contribution in [3.8, 4) is 34.1 Å². The molecule has 242 valence electrons. The van der Waals surface area contributed by atoms with Crippen LogP contribution in [0.5, 0.6) is 5.75 Å². The molecule has 0 aliphatic carbocycles. The largest absolute Gasteiger partial charge is 0.491 e. The molecule has 0 saturated carbocycles. The number of alkyl halides is 3. The maximum Gasteiger partial charge on any atom is 0.417 e.